The molecule has 0 spiro atoms. The van der Waals surface area contributed by atoms with Crippen molar-refractivity contribution < 1.29 is 23.5 Å². The number of rotatable bonds is 4. The molecule has 1 aliphatic heterocycles. The monoisotopic (exact) mass is 510 g/mol. The third kappa shape index (κ3) is 4.21. The average molecular weight is 511 g/mol. The van der Waals surface area contributed by atoms with E-state index in [-0.39, 0.29) is 24.4 Å². The van der Waals surface area contributed by atoms with Crippen LogP contribution in [0, 0.1) is 6.92 Å². The number of amides is 2. The SMILES string of the molecule is Cc1c(C(=O)Nc2ccc3c(c2)OCO3)oc2c1/C(=N/NC(=O)c1cncc(Br)c1)CCC2. The van der Waals surface area contributed by atoms with Gasteiger partial charge in [-0.2, -0.15) is 5.10 Å². The van der Waals surface area contributed by atoms with E-state index in [1.807, 2.05) is 6.92 Å². The summed E-state index contributed by atoms with van der Waals surface area (Å²) in [6.07, 6.45) is 5.22. The van der Waals surface area contributed by atoms with E-state index in [4.69, 9.17) is 13.9 Å². The number of benzene rings is 1. The molecule has 0 bridgehead atoms. The molecule has 1 aliphatic carbocycles. The zero-order valence-electron chi connectivity index (χ0n) is 17.6. The lowest BCUT2D eigenvalue weighted by Gasteiger charge is -2.13. The summed E-state index contributed by atoms with van der Waals surface area (Å²) in [6, 6.07) is 6.85. The van der Waals surface area contributed by atoms with Crippen LogP contribution < -0.4 is 20.2 Å². The number of carbonyl (C=O) groups excluding carboxylic acids is 2. The minimum absolute atomic E-state index is 0.160. The molecule has 1 aromatic carbocycles. The lowest BCUT2D eigenvalue weighted by Crippen LogP contribution is -2.22. The van der Waals surface area contributed by atoms with Crippen LogP contribution in [0.2, 0.25) is 0 Å². The fraction of sp³-hybridized carbons (Fsp3) is 0.217. The molecule has 0 saturated carbocycles. The summed E-state index contributed by atoms with van der Waals surface area (Å²) < 4.78 is 17.3. The van der Waals surface area contributed by atoms with Gasteiger partial charge in [0.2, 0.25) is 6.79 Å². The Labute approximate surface area is 197 Å². The minimum atomic E-state index is -0.371. The highest BCUT2D eigenvalue weighted by molar-refractivity contribution is 9.10. The first-order valence-corrected chi connectivity index (χ1v) is 11.1. The van der Waals surface area contributed by atoms with Gasteiger partial charge in [-0.3, -0.25) is 14.6 Å². The van der Waals surface area contributed by atoms with E-state index in [2.05, 4.69) is 36.8 Å². The maximum atomic E-state index is 12.9. The number of hydrogen-bond acceptors (Lipinski definition) is 7. The van der Waals surface area contributed by atoms with Gasteiger partial charge in [0.1, 0.15) is 5.76 Å². The van der Waals surface area contributed by atoms with E-state index in [0.717, 1.165) is 12.0 Å². The van der Waals surface area contributed by atoms with Crippen LogP contribution in [-0.4, -0.2) is 29.3 Å². The molecule has 10 heteroatoms. The van der Waals surface area contributed by atoms with E-state index in [1.165, 1.54) is 6.20 Å². The topological polar surface area (TPSA) is 115 Å². The van der Waals surface area contributed by atoms with E-state index >= 15 is 0 Å². The van der Waals surface area contributed by atoms with Gasteiger partial charge in [0.05, 0.1) is 11.3 Å². The lowest BCUT2D eigenvalue weighted by molar-refractivity contribution is 0.0953. The summed E-state index contributed by atoms with van der Waals surface area (Å²) in [7, 11) is 0. The van der Waals surface area contributed by atoms with Crippen LogP contribution in [0.4, 0.5) is 5.69 Å². The number of furan rings is 1. The molecule has 0 radical (unpaired) electrons. The van der Waals surface area contributed by atoms with Crippen LogP contribution in [0.15, 0.2) is 50.7 Å². The molecule has 2 aromatic heterocycles. The van der Waals surface area contributed by atoms with Crippen LogP contribution >= 0.6 is 15.9 Å². The van der Waals surface area contributed by atoms with Gasteiger partial charge in [-0.1, -0.05) is 0 Å². The Morgan fingerprint density at radius 2 is 1.94 bits per heavy atom. The first-order chi connectivity index (χ1) is 16.0. The van der Waals surface area contributed by atoms with Crippen molar-refractivity contribution in [2.75, 3.05) is 12.1 Å². The molecule has 9 nitrogen and oxygen atoms in total. The van der Waals surface area contributed by atoms with Crippen molar-refractivity contribution >= 4 is 39.1 Å². The normalized spacial score (nSPS) is 15.3. The van der Waals surface area contributed by atoms with Crippen molar-refractivity contribution in [2.45, 2.75) is 26.2 Å². The molecule has 3 aromatic rings. The van der Waals surface area contributed by atoms with Gasteiger partial charge in [-0.15, -0.1) is 0 Å². The Hall–Kier alpha value is -3.66. The number of nitrogens with zero attached hydrogens (tertiary/aromatic N) is 2. The smallest absolute Gasteiger partial charge is 0.291 e. The maximum Gasteiger partial charge on any atom is 0.291 e. The van der Waals surface area contributed by atoms with Gasteiger partial charge in [0.25, 0.3) is 11.8 Å². The third-order valence-corrected chi connectivity index (χ3v) is 5.86. The predicted molar refractivity (Wildman–Crippen MR) is 123 cm³/mol. The van der Waals surface area contributed by atoms with Crippen molar-refractivity contribution in [1.82, 2.24) is 10.4 Å². The van der Waals surface area contributed by atoms with Gasteiger partial charge >= 0.3 is 0 Å². The summed E-state index contributed by atoms with van der Waals surface area (Å²) in [5.41, 5.74) is 5.67. The van der Waals surface area contributed by atoms with Gasteiger partial charge in [0, 0.05) is 46.2 Å². The molecule has 0 fully saturated rings. The second-order valence-electron chi connectivity index (χ2n) is 7.62. The first kappa shape index (κ1) is 21.2. The highest BCUT2D eigenvalue weighted by atomic mass is 79.9. The highest BCUT2D eigenvalue weighted by Gasteiger charge is 2.28. The zero-order chi connectivity index (χ0) is 22.9. The molecule has 0 saturated heterocycles. The predicted octanol–water partition coefficient (Wildman–Crippen LogP) is 4.20. The summed E-state index contributed by atoms with van der Waals surface area (Å²) in [6.45, 7) is 1.98. The fourth-order valence-corrected chi connectivity index (χ4v) is 4.24. The molecule has 3 heterocycles. The lowest BCUT2D eigenvalue weighted by atomic mass is 9.93. The molecule has 0 unspecified atom stereocenters. The third-order valence-electron chi connectivity index (χ3n) is 5.42. The summed E-state index contributed by atoms with van der Waals surface area (Å²) in [5, 5.41) is 7.18. The van der Waals surface area contributed by atoms with E-state index in [0.29, 0.717) is 57.1 Å². The van der Waals surface area contributed by atoms with E-state index < -0.39 is 0 Å². The average Bonchev–Trinajstić information content (AvgIpc) is 3.41. The first-order valence-electron chi connectivity index (χ1n) is 10.3. The summed E-state index contributed by atoms with van der Waals surface area (Å²) in [5.74, 6) is 1.38. The largest absolute Gasteiger partial charge is 0.455 e. The Bertz CT molecular complexity index is 1300. The molecular weight excluding hydrogens is 492 g/mol. The fourth-order valence-electron chi connectivity index (χ4n) is 3.88. The van der Waals surface area contributed by atoms with Crippen molar-refractivity contribution in [2.24, 2.45) is 5.10 Å². The van der Waals surface area contributed by atoms with Crippen LogP contribution in [0.3, 0.4) is 0 Å². The Kier molecular flexibility index (Phi) is 5.59. The van der Waals surface area contributed by atoms with Gasteiger partial charge in [0.15, 0.2) is 17.3 Å². The number of aromatic nitrogens is 1. The number of aryl methyl sites for hydroxylation is 1. The Morgan fingerprint density at radius 3 is 2.79 bits per heavy atom. The molecular formula is C23H19BrN4O5. The standard InChI is InChI=1S/C23H19BrN4O5/c1-12-20-16(27-28-22(29)13-7-14(24)10-25-9-13)3-2-4-18(20)33-21(12)23(30)26-15-5-6-17-19(8-15)32-11-31-17/h5-10H,2-4,11H2,1H3,(H,26,30)(H,28,29)/b27-16+. The molecule has 5 rings (SSSR count). The minimum Gasteiger partial charge on any atom is -0.455 e. The van der Waals surface area contributed by atoms with Gasteiger partial charge < -0.3 is 19.2 Å². The zero-order valence-corrected chi connectivity index (χ0v) is 19.2. The summed E-state index contributed by atoms with van der Waals surface area (Å²) in [4.78, 5) is 29.4. The van der Waals surface area contributed by atoms with E-state index in [9.17, 15) is 9.59 Å². The number of carbonyl (C=O) groups is 2. The Morgan fingerprint density at radius 1 is 1.09 bits per heavy atom. The van der Waals surface area contributed by atoms with Gasteiger partial charge in [-0.05, 0) is 53.9 Å². The van der Waals surface area contributed by atoms with Crippen molar-refractivity contribution in [3.63, 3.8) is 0 Å². The van der Waals surface area contributed by atoms with Crippen molar-refractivity contribution in [1.29, 1.82) is 0 Å². The van der Waals surface area contributed by atoms with Crippen LogP contribution in [-0.2, 0) is 6.42 Å². The summed E-state index contributed by atoms with van der Waals surface area (Å²) >= 11 is 3.30. The molecule has 33 heavy (non-hydrogen) atoms. The quantitative estimate of drug-likeness (QED) is 0.508. The molecule has 168 valence electrons. The van der Waals surface area contributed by atoms with Crippen molar-refractivity contribution in [3.8, 4) is 11.5 Å². The molecule has 2 amide bonds. The van der Waals surface area contributed by atoms with Crippen molar-refractivity contribution in [3.05, 3.63) is 69.3 Å². The number of fused-ring (bicyclic) bond motifs is 2. The number of ether oxygens (including phenoxy) is 2. The number of hydrogen-bond donors (Lipinski definition) is 2. The van der Waals surface area contributed by atoms with Crippen LogP contribution in [0.25, 0.3) is 0 Å². The van der Waals surface area contributed by atoms with Crippen LogP contribution in [0.5, 0.6) is 11.5 Å². The van der Waals surface area contributed by atoms with Gasteiger partial charge in [-0.25, -0.2) is 5.43 Å². The highest BCUT2D eigenvalue weighted by Crippen LogP contribution is 2.35. The number of hydrazone groups is 1. The number of anilines is 1. The van der Waals surface area contributed by atoms with Crippen LogP contribution in [0.1, 0.15) is 50.6 Å². The number of nitrogens with one attached hydrogen (secondary N) is 2. The number of pyridine rings is 1. The molecule has 0 atom stereocenters. The van der Waals surface area contributed by atoms with E-state index in [1.54, 1.807) is 30.5 Å². The Balaban J connectivity index is 1.36. The number of halogens is 1. The molecule has 2 aliphatic rings. The second kappa shape index (κ2) is 8.70. The molecule has 2 N–H and O–H groups in total. The maximum absolute atomic E-state index is 12.9. The second-order valence-corrected chi connectivity index (χ2v) is 8.54.